The number of quaternary nitrogens is 1. The van der Waals surface area contributed by atoms with Crippen molar-refractivity contribution < 1.29 is 14.6 Å². The number of rotatable bonds is 15. The fourth-order valence-corrected chi connectivity index (χ4v) is 2.45. The lowest BCUT2D eigenvalue weighted by Gasteiger charge is -2.16. The number of esters is 1. The number of ether oxygens (including phenoxy) is 1. The molecule has 0 aromatic heterocycles. The second kappa shape index (κ2) is 21.4. The average Bonchev–Trinajstić information content (AvgIpc) is 2.58. The van der Waals surface area contributed by atoms with Crippen molar-refractivity contribution >= 4 is 5.97 Å². The Morgan fingerprint density at radius 1 is 0.880 bits per heavy atom. The van der Waals surface area contributed by atoms with E-state index in [0.717, 1.165) is 12.8 Å². The van der Waals surface area contributed by atoms with Crippen molar-refractivity contribution in [1.29, 1.82) is 0 Å². The average molecular weight is 361 g/mol. The summed E-state index contributed by atoms with van der Waals surface area (Å²) in [5.74, 6) is -0.161. The first kappa shape index (κ1) is 26.6. The minimum Gasteiger partial charge on any atom is -0.634 e. The van der Waals surface area contributed by atoms with Gasteiger partial charge in [0.15, 0.2) is 0 Å². The molecule has 0 aliphatic rings. The molecule has 0 saturated carbocycles. The molecule has 0 aromatic rings. The monoisotopic (exact) mass is 360 g/mol. The molecule has 0 spiro atoms. The summed E-state index contributed by atoms with van der Waals surface area (Å²) in [5, 5.41) is 10.5. The minimum atomic E-state index is -0.472. The molecule has 0 heterocycles. The zero-order valence-electron chi connectivity index (χ0n) is 17.3. The lowest BCUT2D eigenvalue weighted by atomic mass is 10.1. The lowest BCUT2D eigenvalue weighted by molar-refractivity contribution is -0.843. The van der Waals surface area contributed by atoms with Gasteiger partial charge < -0.3 is 15.0 Å². The maximum absolute atomic E-state index is 11.2. The van der Waals surface area contributed by atoms with E-state index in [1.807, 2.05) is 13.8 Å². The summed E-state index contributed by atoms with van der Waals surface area (Å²) in [6.07, 6.45) is 14.3. The van der Waals surface area contributed by atoms with Gasteiger partial charge in [0.2, 0.25) is 0 Å². The van der Waals surface area contributed by atoms with E-state index in [4.69, 9.17) is 10.5 Å². The molecule has 0 aliphatic carbocycles. The molecular formula is C20H44N2O3. The molecule has 0 saturated heterocycles. The topological polar surface area (TPSA) is 79.8 Å². The van der Waals surface area contributed by atoms with Gasteiger partial charge in [-0.2, -0.15) is 0 Å². The molecule has 0 radical (unpaired) electrons. The first-order valence-corrected chi connectivity index (χ1v) is 10.4. The van der Waals surface area contributed by atoms with Crippen LogP contribution in [0.25, 0.3) is 0 Å². The van der Waals surface area contributed by atoms with E-state index >= 15 is 0 Å². The number of nitrogens with two attached hydrogens (primary N) is 1. The van der Waals surface area contributed by atoms with Crippen molar-refractivity contribution in [1.82, 2.24) is 0 Å². The Hall–Kier alpha value is -0.650. The number of hydroxylamine groups is 2. The normalized spacial score (nSPS) is 11.8. The van der Waals surface area contributed by atoms with Crippen molar-refractivity contribution in [3.8, 4) is 0 Å². The summed E-state index contributed by atoms with van der Waals surface area (Å²) in [6.45, 7) is 9.08. The Kier molecular flexibility index (Phi) is 22.7. The van der Waals surface area contributed by atoms with E-state index in [1.54, 1.807) is 6.92 Å². The smallest absolute Gasteiger partial charge is 0.307 e. The van der Waals surface area contributed by atoms with Crippen LogP contribution in [0.15, 0.2) is 0 Å². The number of carbonyl (C=O) groups is 1. The summed E-state index contributed by atoms with van der Waals surface area (Å²) >= 11 is 0. The van der Waals surface area contributed by atoms with E-state index in [9.17, 15) is 10.0 Å². The molecule has 0 rings (SSSR count). The quantitative estimate of drug-likeness (QED) is 0.201. The van der Waals surface area contributed by atoms with Gasteiger partial charge in [0.05, 0.1) is 13.1 Å². The van der Waals surface area contributed by atoms with E-state index in [0.29, 0.717) is 24.6 Å². The van der Waals surface area contributed by atoms with Gasteiger partial charge in [-0.15, -0.1) is 0 Å². The molecule has 0 fully saturated rings. The van der Waals surface area contributed by atoms with Crippen LogP contribution in [0, 0.1) is 5.21 Å². The van der Waals surface area contributed by atoms with Crippen LogP contribution in [-0.4, -0.2) is 25.3 Å². The van der Waals surface area contributed by atoms with Gasteiger partial charge in [-0.3, -0.25) is 10.5 Å². The van der Waals surface area contributed by atoms with Crippen molar-refractivity contribution in [2.45, 2.75) is 111 Å². The molecule has 1 atom stereocenters. The van der Waals surface area contributed by atoms with E-state index in [-0.39, 0.29) is 5.97 Å². The second-order valence-corrected chi connectivity index (χ2v) is 6.73. The van der Waals surface area contributed by atoms with Crippen LogP contribution < -0.4 is 10.8 Å². The largest absolute Gasteiger partial charge is 0.634 e. The Labute approximate surface area is 156 Å². The summed E-state index contributed by atoms with van der Waals surface area (Å²) < 4.78 is 4.88. The highest BCUT2D eigenvalue weighted by atomic mass is 16.6. The van der Waals surface area contributed by atoms with Gasteiger partial charge in [0, 0.05) is 6.42 Å². The standard InChI is InChI=1S/C16H33NO2.C4H11NO/c1-3-4-5-6-7-8-9-10-11-12-13-14-16(18)19-15(2)17;1-3-5(6)4-2/h15H,3-14,17H2,1-2H3;5H,3-4H2,1-2H3. The molecular weight excluding hydrogens is 316 g/mol. The molecule has 0 aromatic carbocycles. The highest BCUT2D eigenvalue weighted by Crippen LogP contribution is 2.12. The second-order valence-electron chi connectivity index (χ2n) is 6.73. The summed E-state index contributed by atoms with van der Waals surface area (Å²) in [7, 11) is 0. The molecule has 3 N–H and O–H groups in total. The van der Waals surface area contributed by atoms with Gasteiger partial charge in [-0.1, -0.05) is 71.1 Å². The maximum Gasteiger partial charge on any atom is 0.307 e. The third kappa shape index (κ3) is 25.7. The van der Waals surface area contributed by atoms with Crippen molar-refractivity contribution in [3.63, 3.8) is 0 Å². The predicted octanol–water partition coefficient (Wildman–Crippen LogP) is 3.94. The number of hydrogen-bond donors (Lipinski definition) is 2. The third-order valence-electron chi connectivity index (χ3n) is 4.09. The summed E-state index contributed by atoms with van der Waals surface area (Å²) in [4.78, 5) is 11.2. The number of unbranched alkanes of at least 4 members (excludes halogenated alkanes) is 10. The minimum absolute atomic E-state index is 0.161. The molecule has 0 bridgehead atoms. The van der Waals surface area contributed by atoms with Crippen LogP contribution in [0.3, 0.4) is 0 Å². The van der Waals surface area contributed by atoms with E-state index < -0.39 is 6.23 Å². The molecule has 0 amide bonds. The van der Waals surface area contributed by atoms with Crippen molar-refractivity contribution in [2.24, 2.45) is 5.73 Å². The molecule has 152 valence electrons. The Morgan fingerprint density at radius 2 is 1.28 bits per heavy atom. The molecule has 25 heavy (non-hydrogen) atoms. The Bertz CT molecular complexity index is 270. The summed E-state index contributed by atoms with van der Waals surface area (Å²) in [6, 6.07) is 0. The lowest BCUT2D eigenvalue weighted by Crippen LogP contribution is -3.06. The molecule has 5 nitrogen and oxygen atoms in total. The molecule has 5 heteroatoms. The molecule has 1 unspecified atom stereocenters. The predicted molar refractivity (Wildman–Crippen MR) is 106 cm³/mol. The van der Waals surface area contributed by atoms with Crippen LogP contribution in [0.5, 0.6) is 0 Å². The van der Waals surface area contributed by atoms with E-state index in [2.05, 4.69) is 6.92 Å². The van der Waals surface area contributed by atoms with Crippen LogP contribution in [0.2, 0.25) is 0 Å². The van der Waals surface area contributed by atoms with Crippen LogP contribution in [0.4, 0.5) is 0 Å². The fraction of sp³-hybridized carbons (Fsp3) is 0.950. The maximum atomic E-state index is 11.2. The first-order chi connectivity index (χ1) is 12.0. The zero-order chi connectivity index (χ0) is 19.3. The first-order valence-electron chi connectivity index (χ1n) is 10.4. The van der Waals surface area contributed by atoms with Crippen molar-refractivity contribution in [3.05, 3.63) is 5.21 Å². The van der Waals surface area contributed by atoms with Gasteiger partial charge in [-0.25, -0.2) is 0 Å². The Balaban J connectivity index is 0. The highest BCUT2D eigenvalue weighted by molar-refractivity contribution is 5.69. The molecule has 0 aliphatic heterocycles. The van der Waals surface area contributed by atoms with Gasteiger partial charge >= 0.3 is 5.97 Å². The summed E-state index contributed by atoms with van der Waals surface area (Å²) in [5.41, 5.74) is 5.38. The fourth-order valence-electron chi connectivity index (χ4n) is 2.45. The van der Waals surface area contributed by atoms with Crippen LogP contribution in [0.1, 0.15) is 105 Å². The van der Waals surface area contributed by atoms with E-state index in [1.165, 1.54) is 57.8 Å². The highest BCUT2D eigenvalue weighted by Gasteiger charge is 2.04. The third-order valence-corrected chi connectivity index (χ3v) is 4.09. The van der Waals surface area contributed by atoms with Gasteiger partial charge in [0.1, 0.15) is 6.23 Å². The van der Waals surface area contributed by atoms with Crippen molar-refractivity contribution in [2.75, 3.05) is 13.1 Å². The van der Waals surface area contributed by atoms with Gasteiger partial charge in [-0.05, 0) is 27.2 Å². The number of carbonyl (C=O) groups excluding carboxylic acids is 1. The number of nitrogens with one attached hydrogen (secondary N) is 1. The van der Waals surface area contributed by atoms with Crippen LogP contribution >= 0.6 is 0 Å². The van der Waals surface area contributed by atoms with Crippen LogP contribution in [-0.2, 0) is 9.53 Å². The Morgan fingerprint density at radius 3 is 1.60 bits per heavy atom. The SMILES string of the molecule is CCCCCCCCCCCCCC(=O)OC(C)N.CC[NH+]([O-])CC. The number of hydrogen-bond acceptors (Lipinski definition) is 4. The zero-order valence-corrected chi connectivity index (χ0v) is 17.3. The van der Waals surface area contributed by atoms with Gasteiger partial charge in [0.25, 0.3) is 0 Å².